The normalized spacial score (nSPS) is 11.2. The SMILES string of the molecule is CC(=O)Oc1ccc(/C(C)=N\NC(=O)c2cc(C)oc2C)cc1. The first-order valence-electron chi connectivity index (χ1n) is 7.07. The van der Waals surface area contributed by atoms with E-state index < -0.39 is 0 Å². The number of nitrogens with zero attached hydrogens (tertiary/aromatic N) is 1. The van der Waals surface area contributed by atoms with Crippen molar-refractivity contribution in [2.24, 2.45) is 5.10 Å². The molecule has 0 aliphatic heterocycles. The lowest BCUT2D eigenvalue weighted by Gasteiger charge is -2.04. The highest BCUT2D eigenvalue weighted by Gasteiger charge is 2.12. The Kier molecular flexibility index (Phi) is 4.95. The molecular weight excluding hydrogens is 296 g/mol. The van der Waals surface area contributed by atoms with Crippen molar-refractivity contribution in [2.75, 3.05) is 0 Å². The number of furan rings is 1. The Labute approximate surface area is 134 Å². The van der Waals surface area contributed by atoms with Crippen LogP contribution in [0.5, 0.6) is 5.75 Å². The lowest BCUT2D eigenvalue weighted by Crippen LogP contribution is -2.19. The standard InChI is InChI=1S/C17H18N2O4/c1-10-9-16(12(3)22-10)17(21)19-18-11(2)14-5-7-15(8-6-14)23-13(4)20/h5-9H,1-4H3,(H,19,21)/b18-11-. The van der Waals surface area contributed by atoms with E-state index in [2.05, 4.69) is 10.5 Å². The largest absolute Gasteiger partial charge is 0.466 e. The molecule has 1 N–H and O–H groups in total. The highest BCUT2D eigenvalue weighted by Crippen LogP contribution is 2.14. The van der Waals surface area contributed by atoms with Crippen LogP contribution in [0, 0.1) is 13.8 Å². The molecule has 6 nitrogen and oxygen atoms in total. The number of carbonyl (C=O) groups is 2. The van der Waals surface area contributed by atoms with Gasteiger partial charge in [0.05, 0.1) is 11.3 Å². The zero-order chi connectivity index (χ0) is 17.0. The van der Waals surface area contributed by atoms with E-state index in [4.69, 9.17) is 9.15 Å². The molecule has 2 aromatic rings. The quantitative estimate of drug-likeness (QED) is 0.407. The van der Waals surface area contributed by atoms with Gasteiger partial charge >= 0.3 is 5.97 Å². The summed E-state index contributed by atoms with van der Waals surface area (Å²) in [4.78, 5) is 22.9. The van der Waals surface area contributed by atoms with Crippen molar-refractivity contribution in [3.05, 3.63) is 53.0 Å². The third-order valence-corrected chi connectivity index (χ3v) is 3.14. The van der Waals surface area contributed by atoms with Gasteiger partial charge in [-0.25, -0.2) is 5.43 Å². The number of esters is 1. The lowest BCUT2D eigenvalue weighted by atomic mass is 10.1. The van der Waals surface area contributed by atoms with Gasteiger partial charge in [0.25, 0.3) is 5.91 Å². The molecule has 23 heavy (non-hydrogen) atoms. The first-order chi connectivity index (χ1) is 10.9. The molecule has 0 unspecified atom stereocenters. The first kappa shape index (κ1) is 16.5. The van der Waals surface area contributed by atoms with Crippen LogP contribution in [0.1, 0.15) is 41.3 Å². The first-order valence-corrected chi connectivity index (χ1v) is 7.07. The maximum atomic E-state index is 12.1. The van der Waals surface area contributed by atoms with Gasteiger partial charge in [0.2, 0.25) is 0 Å². The smallest absolute Gasteiger partial charge is 0.308 e. The number of hydrogen-bond donors (Lipinski definition) is 1. The van der Waals surface area contributed by atoms with Gasteiger partial charge in [0.15, 0.2) is 0 Å². The van der Waals surface area contributed by atoms with E-state index >= 15 is 0 Å². The molecule has 0 spiro atoms. The molecule has 2 rings (SSSR count). The van der Waals surface area contributed by atoms with E-state index in [1.165, 1.54) is 6.92 Å². The van der Waals surface area contributed by atoms with Gasteiger partial charge < -0.3 is 9.15 Å². The summed E-state index contributed by atoms with van der Waals surface area (Å²) in [7, 11) is 0. The second-order valence-electron chi connectivity index (χ2n) is 5.08. The molecule has 0 fully saturated rings. The minimum absolute atomic E-state index is 0.324. The van der Waals surface area contributed by atoms with Crippen LogP contribution in [0.4, 0.5) is 0 Å². The molecule has 6 heteroatoms. The van der Waals surface area contributed by atoms with E-state index in [0.29, 0.717) is 28.5 Å². The maximum absolute atomic E-state index is 12.1. The molecule has 0 aliphatic carbocycles. The predicted octanol–water partition coefficient (Wildman–Crippen LogP) is 2.98. The molecule has 0 aliphatic rings. The number of aryl methyl sites for hydroxylation is 2. The van der Waals surface area contributed by atoms with Crippen molar-refractivity contribution in [2.45, 2.75) is 27.7 Å². The predicted molar refractivity (Wildman–Crippen MR) is 85.6 cm³/mol. The summed E-state index contributed by atoms with van der Waals surface area (Å²) in [6, 6.07) is 8.53. The molecule has 1 aromatic heterocycles. The highest BCUT2D eigenvalue weighted by molar-refractivity contribution is 6.01. The van der Waals surface area contributed by atoms with Crippen molar-refractivity contribution < 1.29 is 18.7 Å². The summed E-state index contributed by atoms with van der Waals surface area (Å²) < 4.78 is 10.3. The van der Waals surface area contributed by atoms with Crippen LogP contribution in [-0.4, -0.2) is 17.6 Å². The third-order valence-electron chi connectivity index (χ3n) is 3.14. The number of amides is 1. The van der Waals surface area contributed by atoms with Gasteiger partial charge in [-0.2, -0.15) is 5.10 Å². The fourth-order valence-corrected chi connectivity index (χ4v) is 2.05. The van der Waals surface area contributed by atoms with E-state index in [0.717, 1.165) is 5.56 Å². The van der Waals surface area contributed by atoms with Crippen molar-refractivity contribution >= 4 is 17.6 Å². The summed E-state index contributed by atoms with van der Waals surface area (Å²) in [5.41, 5.74) is 4.40. The Balaban J connectivity index is 2.06. The lowest BCUT2D eigenvalue weighted by molar-refractivity contribution is -0.131. The molecule has 0 saturated heterocycles. The van der Waals surface area contributed by atoms with Crippen LogP contribution in [-0.2, 0) is 4.79 Å². The third kappa shape index (κ3) is 4.29. The van der Waals surface area contributed by atoms with E-state index in [9.17, 15) is 9.59 Å². The number of nitrogens with one attached hydrogen (secondary N) is 1. The number of hydrogen-bond acceptors (Lipinski definition) is 5. The second-order valence-corrected chi connectivity index (χ2v) is 5.08. The Morgan fingerprint density at radius 3 is 2.30 bits per heavy atom. The van der Waals surface area contributed by atoms with Crippen molar-refractivity contribution in [3.8, 4) is 5.75 Å². The van der Waals surface area contributed by atoms with Gasteiger partial charge in [-0.1, -0.05) is 0 Å². The second kappa shape index (κ2) is 6.91. The van der Waals surface area contributed by atoms with Gasteiger partial charge in [-0.15, -0.1) is 0 Å². The zero-order valence-corrected chi connectivity index (χ0v) is 13.5. The molecular formula is C17H18N2O4. The van der Waals surface area contributed by atoms with Crippen molar-refractivity contribution in [1.82, 2.24) is 5.43 Å². The Bertz CT molecular complexity index is 757. The van der Waals surface area contributed by atoms with Crippen molar-refractivity contribution in [3.63, 3.8) is 0 Å². The fourth-order valence-electron chi connectivity index (χ4n) is 2.05. The number of carbonyl (C=O) groups excluding carboxylic acids is 2. The number of benzene rings is 1. The molecule has 1 amide bonds. The number of ether oxygens (including phenoxy) is 1. The minimum atomic E-state index is -0.374. The minimum Gasteiger partial charge on any atom is -0.466 e. The van der Waals surface area contributed by atoms with Crippen LogP contribution in [0.3, 0.4) is 0 Å². The Morgan fingerprint density at radius 1 is 1.13 bits per heavy atom. The zero-order valence-electron chi connectivity index (χ0n) is 13.5. The van der Waals surface area contributed by atoms with Gasteiger partial charge in [-0.05, 0) is 56.7 Å². The molecule has 0 atom stereocenters. The average Bonchev–Trinajstić information content (AvgIpc) is 2.83. The van der Waals surface area contributed by atoms with Crippen LogP contribution < -0.4 is 10.2 Å². The van der Waals surface area contributed by atoms with Crippen molar-refractivity contribution in [1.29, 1.82) is 0 Å². The van der Waals surface area contributed by atoms with Gasteiger partial charge in [-0.3, -0.25) is 9.59 Å². The van der Waals surface area contributed by atoms with Crippen LogP contribution in [0.25, 0.3) is 0 Å². The molecule has 0 radical (unpaired) electrons. The average molecular weight is 314 g/mol. The van der Waals surface area contributed by atoms with E-state index in [1.807, 2.05) is 0 Å². The molecule has 120 valence electrons. The topological polar surface area (TPSA) is 80.9 Å². The molecule has 0 saturated carbocycles. The van der Waals surface area contributed by atoms with Crippen LogP contribution in [0.15, 0.2) is 39.9 Å². The molecule has 1 aromatic carbocycles. The summed E-state index contributed by atoms with van der Waals surface area (Å²) in [6.07, 6.45) is 0. The summed E-state index contributed by atoms with van der Waals surface area (Å²) in [5, 5.41) is 4.08. The number of hydrazone groups is 1. The van der Waals surface area contributed by atoms with Crippen LogP contribution >= 0.6 is 0 Å². The van der Waals surface area contributed by atoms with E-state index in [-0.39, 0.29) is 11.9 Å². The molecule has 0 bridgehead atoms. The highest BCUT2D eigenvalue weighted by atomic mass is 16.5. The fraction of sp³-hybridized carbons (Fsp3) is 0.235. The Morgan fingerprint density at radius 2 is 1.78 bits per heavy atom. The maximum Gasteiger partial charge on any atom is 0.308 e. The van der Waals surface area contributed by atoms with Crippen LogP contribution in [0.2, 0.25) is 0 Å². The monoisotopic (exact) mass is 314 g/mol. The van der Waals surface area contributed by atoms with Gasteiger partial charge in [0, 0.05) is 6.92 Å². The van der Waals surface area contributed by atoms with Gasteiger partial charge in [0.1, 0.15) is 17.3 Å². The summed E-state index contributed by atoms with van der Waals surface area (Å²) in [5.74, 6) is 0.993. The van der Waals surface area contributed by atoms with E-state index in [1.54, 1.807) is 51.1 Å². The summed E-state index contributed by atoms with van der Waals surface area (Å²) >= 11 is 0. The summed E-state index contributed by atoms with van der Waals surface area (Å²) in [6.45, 7) is 6.62. The Hall–Kier alpha value is -2.89. The number of rotatable bonds is 4. The molecule has 1 heterocycles.